The number of carbonyl (C=O) groups is 1. The molecule has 0 radical (unpaired) electrons. The number of para-hydroxylation sites is 1. The number of hydrogen-bond donors (Lipinski definition) is 3. The summed E-state index contributed by atoms with van der Waals surface area (Å²) in [6, 6.07) is 13.3. The van der Waals surface area contributed by atoms with Crippen LogP contribution >= 0.6 is 11.6 Å². The van der Waals surface area contributed by atoms with Gasteiger partial charge in [-0.05, 0) is 37.3 Å². The van der Waals surface area contributed by atoms with Gasteiger partial charge in [0.25, 0.3) is 0 Å². The number of fused-ring (bicyclic) bond motifs is 1. The molecule has 6 nitrogen and oxygen atoms in total. The molecule has 0 saturated heterocycles. The molecule has 2 amide bonds. The lowest BCUT2D eigenvalue weighted by Crippen LogP contribution is -2.24. The molecule has 0 atom stereocenters. The number of halogens is 1. The van der Waals surface area contributed by atoms with Crippen LogP contribution in [0.5, 0.6) is 0 Å². The molecule has 0 spiro atoms. The first-order valence-electron chi connectivity index (χ1n) is 7.71. The van der Waals surface area contributed by atoms with E-state index < -0.39 is 11.7 Å². The van der Waals surface area contributed by atoms with Gasteiger partial charge in [-0.1, -0.05) is 29.8 Å². The van der Waals surface area contributed by atoms with Crippen LogP contribution in [-0.2, 0) is 0 Å². The molecule has 0 unspecified atom stereocenters. The normalized spacial score (nSPS) is 10.5. The van der Waals surface area contributed by atoms with Crippen LogP contribution in [0.3, 0.4) is 0 Å². The Balaban J connectivity index is 1.94. The van der Waals surface area contributed by atoms with Crippen LogP contribution in [0.1, 0.15) is 6.92 Å². The molecule has 0 bridgehead atoms. The van der Waals surface area contributed by atoms with Crippen molar-refractivity contribution < 1.29 is 9.21 Å². The van der Waals surface area contributed by atoms with E-state index in [1.807, 2.05) is 19.1 Å². The maximum absolute atomic E-state index is 12.3. The van der Waals surface area contributed by atoms with E-state index in [-0.39, 0.29) is 5.69 Å². The van der Waals surface area contributed by atoms with Gasteiger partial charge in [-0.3, -0.25) is 5.32 Å². The van der Waals surface area contributed by atoms with Gasteiger partial charge >= 0.3 is 11.7 Å². The lowest BCUT2D eigenvalue weighted by molar-refractivity contribution is 0.262. The van der Waals surface area contributed by atoms with Gasteiger partial charge in [0.1, 0.15) is 5.58 Å². The minimum atomic E-state index is -0.629. The van der Waals surface area contributed by atoms with E-state index in [2.05, 4.69) is 16.0 Å². The zero-order valence-electron chi connectivity index (χ0n) is 13.4. The minimum Gasteiger partial charge on any atom is -0.421 e. The van der Waals surface area contributed by atoms with Crippen LogP contribution < -0.4 is 21.6 Å². The summed E-state index contributed by atoms with van der Waals surface area (Å²) in [5, 5.41) is 9.52. The molecule has 1 heterocycles. The lowest BCUT2D eigenvalue weighted by Gasteiger charge is -2.14. The summed E-state index contributed by atoms with van der Waals surface area (Å²) < 4.78 is 5.29. The highest BCUT2D eigenvalue weighted by Gasteiger charge is 2.16. The SMILES string of the molecule is CCNc1c(NC(=O)Nc2cccc(Cl)c2)c(=O)oc2ccccc12. The van der Waals surface area contributed by atoms with Crippen molar-refractivity contribution in [3.63, 3.8) is 0 Å². The second-order valence-electron chi connectivity index (χ2n) is 5.26. The highest BCUT2D eigenvalue weighted by molar-refractivity contribution is 6.30. The molecule has 3 aromatic rings. The van der Waals surface area contributed by atoms with Crippen LogP contribution in [0, 0.1) is 0 Å². The number of anilines is 3. The van der Waals surface area contributed by atoms with Crippen molar-refractivity contribution in [1.29, 1.82) is 0 Å². The highest BCUT2D eigenvalue weighted by Crippen LogP contribution is 2.28. The Bertz CT molecular complexity index is 985. The summed E-state index contributed by atoms with van der Waals surface area (Å²) >= 11 is 5.90. The van der Waals surface area contributed by atoms with Gasteiger partial charge < -0.3 is 15.1 Å². The van der Waals surface area contributed by atoms with Gasteiger partial charge in [0.2, 0.25) is 0 Å². The Kier molecular flexibility index (Phi) is 4.90. The summed E-state index contributed by atoms with van der Waals surface area (Å²) in [5.41, 5.74) is 0.913. The van der Waals surface area contributed by atoms with E-state index in [1.165, 1.54) is 0 Å². The molecule has 128 valence electrons. The third-order valence-electron chi connectivity index (χ3n) is 3.49. The molecule has 7 heteroatoms. The van der Waals surface area contributed by atoms with Crippen molar-refractivity contribution in [3.8, 4) is 0 Å². The second kappa shape index (κ2) is 7.27. The van der Waals surface area contributed by atoms with E-state index in [0.717, 1.165) is 0 Å². The van der Waals surface area contributed by atoms with Crippen molar-refractivity contribution in [2.75, 3.05) is 22.5 Å². The predicted molar refractivity (Wildman–Crippen MR) is 101 cm³/mol. The Labute approximate surface area is 148 Å². The number of amides is 2. The number of rotatable bonds is 4. The van der Waals surface area contributed by atoms with Crippen molar-refractivity contribution >= 4 is 45.7 Å². The summed E-state index contributed by atoms with van der Waals surface area (Å²) in [4.78, 5) is 24.6. The third-order valence-corrected chi connectivity index (χ3v) is 3.72. The Hall–Kier alpha value is -2.99. The molecule has 2 aromatic carbocycles. The smallest absolute Gasteiger partial charge is 0.362 e. The van der Waals surface area contributed by atoms with E-state index in [0.29, 0.717) is 33.9 Å². The van der Waals surface area contributed by atoms with Crippen molar-refractivity contribution in [2.24, 2.45) is 0 Å². The number of hydrogen-bond acceptors (Lipinski definition) is 4. The van der Waals surface area contributed by atoms with E-state index in [9.17, 15) is 9.59 Å². The van der Waals surface area contributed by atoms with Crippen LogP contribution in [0.2, 0.25) is 5.02 Å². The van der Waals surface area contributed by atoms with Gasteiger partial charge in [0, 0.05) is 22.6 Å². The van der Waals surface area contributed by atoms with E-state index >= 15 is 0 Å². The number of benzene rings is 2. The molecule has 3 N–H and O–H groups in total. The largest absolute Gasteiger partial charge is 0.421 e. The van der Waals surface area contributed by atoms with Crippen LogP contribution in [0.4, 0.5) is 21.9 Å². The van der Waals surface area contributed by atoms with Gasteiger partial charge in [-0.2, -0.15) is 0 Å². The second-order valence-corrected chi connectivity index (χ2v) is 5.69. The van der Waals surface area contributed by atoms with E-state index in [1.54, 1.807) is 36.4 Å². The standard InChI is InChI=1S/C18H16ClN3O3/c1-2-20-15-13-8-3-4-9-14(13)25-17(23)16(15)22-18(24)21-12-7-5-6-11(19)10-12/h3-10,20H,2H2,1H3,(H2,21,22,24). The topological polar surface area (TPSA) is 83.4 Å². The Morgan fingerprint density at radius 1 is 1.08 bits per heavy atom. The molecule has 3 rings (SSSR count). The molecular weight excluding hydrogens is 342 g/mol. The fraction of sp³-hybridized carbons (Fsp3) is 0.111. The molecule has 0 fully saturated rings. The number of nitrogens with one attached hydrogen (secondary N) is 3. The molecule has 0 saturated carbocycles. The van der Waals surface area contributed by atoms with Crippen LogP contribution in [0.25, 0.3) is 11.0 Å². The first-order valence-corrected chi connectivity index (χ1v) is 8.09. The zero-order valence-corrected chi connectivity index (χ0v) is 14.2. The maximum atomic E-state index is 12.3. The quantitative estimate of drug-likeness (QED) is 0.599. The average molecular weight is 358 g/mol. The molecule has 0 aliphatic heterocycles. The van der Waals surface area contributed by atoms with Gasteiger partial charge in [0.05, 0.1) is 5.69 Å². The van der Waals surface area contributed by atoms with Crippen LogP contribution in [0.15, 0.2) is 57.7 Å². The van der Waals surface area contributed by atoms with E-state index in [4.69, 9.17) is 16.0 Å². The summed E-state index contributed by atoms with van der Waals surface area (Å²) in [7, 11) is 0. The van der Waals surface area contributed by atoms with Gasteiger partial charge in [-0.15, -0.1) is 0 Å². The molecule has 0 aliphatic rings. The van der Waals surface area contributed by atoms with Crippen molar-refractivity contribution in [2.45, 2.75) is 6.92 Å². The fourth-order valence-electron chi connectivity index (χ4n) is 2.47. The summed E-state index contributed by atoms with van der Waals surface area (Å²) in [5.74, 6) is 0. The summed E-state index contributed by atoms with van der Waals surface area (Å²) in [6.45, 7) is 2.48. The third kappa shape index (κ3) is 3.75. The average Bonchev–Trinajstić information content (AvgIpc) is 2.58. The number of urea groups is 1. The molecular formula is C18H16ClN3O3. The van der Waals surface area contributed by atoms with Gasteiger partial charge in [0.15, 0.2) is 5.69 Å². The zero-order chi connectivity index (χ0) is 17.8. The maximum Gasteiger partial charge on any atom is 0.362 e. The van der Waals surface area contributed by atoms with Gasteiger partial charge in [-0.25, -0.2) is 9.59 Å². The molecule has 1 aromatic heterocycles. The monoisotopic (exact) mass is 357 g/mol. The van der Waals surface area contributed by atoms with Crippen LogP contribution in [-0.4, -0.2) is 12.6 Å². The fourth-order valence-corrected chi connectivity index (χ4v) is 2.66. The minimum absolute atomic E-state index is 0.0556. The first kappa shape index (κ1) is 16.9. The predicted octanol–water partition coefficient (Wildman–Crippen LogP) is 4.52. The molecule has 25 heavy (non-hydrogen) atoms. The Morgan fingerprint density at radius 3 is 2.64 bits per heavy atom. The number of carbonyl (C=O) groups excluding carboxylic acids is 1. The molecule has 0 aliphatic carbocycles. The summed E-state index contributed by atoms with van der Waals surface area (Å²) in [6.07, 6.45) is 0. The van der Waals surface area contributed by atoms with Crippen molar-refractivity contribution in [1.82, 2.24) is 0 Å². The lowest BCUT2D eigenvalue weighted by atomic mass is 10.2. The first-order chi connectivity index (χ1) is 12.1. The van der Waals surface area contributed by atoms with Crippen molar-refractivity contribution in [3.05, 3.63) is 64.0 Å². The Morgan fingerprint density at radius 2 is 1.88 bits per heavy atom. The highest BCUT2D eigenvalue weighted by atomic mass is 35.5.